The first-order chi connectivity index (χ1) is 15.2. The molecule has 1 aliphatic carbocycles. The van der Waals surface area contributed by atoms with Gasteiger partial charge in [0.2, 0.25) is 0 Å². The first-order valence-corrected chi connectivity index (χ1v) is 10.9. The van der Waals surface area contributed by atoms with Crippen LogP contribution in [-0.2, 0) is 0 Å². The average Bonchev–Trinajstić information content (AvgIpc) is 3.56. The number of benzene rings is 2. The number of piperidine rings is 1. The molecule has 2 aliphatic rings. The second kappa shape index (κ2) is 8.34. The number of carbonyl (C=O) groups is 2. The Hall–Kier alpha value is -3.48. The number of amides is 2. The standard InChI is InChI=1S/C24H25N5O2/c30-23(18-4-2-1-3-5-18)25-20-10-8-19(9-11-20)24(31)29-14-12-17(13-15-29)22-26-21(27-28-22)16-6-7-16/h1-5,8-11,16-17H,6-7,12-15H2,(H,25,30)(H,26,27,28). The van der Waals surface area contributed by atoms with Crippen molar-refractivity contribution in [1.29, 1.82) is 0 Å². The summed E-state index contributed by atoms with van der Waals surface area (Å²) >= 11 is 0. The summed E-state index contributed by atoms with van der Waals surface area (Å²) in [5.74, 6) is 2.65. The van der Waals surface area contributed by atoms with Gasteiger partial charge in [0.05, 0.1) is 0 Å². The zero-order chi connectivity index (χ0) is 21.2. The molecule has 0 unspecified atom stereocenters. The van der Waals surface area contributed by atoms with E-state index in [9.17, 15) is 9.59 Å². The van der Waals surface area contributed by atoms with E-state index in [2.05, 4.69) is 20.5 Å². The monoisotopic (exact) mass is 415 g/mol. The van der Waals surface area contributed by atoms with Gasteiger partial charge in [-0.3, -0.25) is 14.7 Å². The fourth-order valence-electron chi connectivity index (χ4n) is 4.02. The van der Waals surface area contributed by atoms with E-state index >= 15 is 0 Å². The van der Waals surface area contributed by atoms with Crippen molar-refractivity contribution in [3.8, 4) is 0 Å². The summed E-state index contributed by atoms with van der Waals surface area (Å²) < 4.78 is 0. The van der Waals surface area contributed by atoms with E-state index in [0.29, 0.717) is 41.7 Å². The van der Waals surface area contributed by atoms with Crippen molar-refractivity contribution >= 4 is 17.5 Å². The summed E-state index contributed by atoms with van der Waals surface area (Å²) in [6.07, 6.45) is 4.16. The molecule has 2 heterocycles. The molecule has 7 heteroatoms. The smallest absolute Gasteiger partial charge is 0.255 e. The highest BCUT2D eigenvalue weighted by Crippen LogP contribution is 2.38. The van der Waals surface area contributed by atoms with E-state index in [1.807, 2.05) is 23.1 Å². The molecule has 1 aromatic heterocycles. The minimum atomic E-state index is -0.168. The Bertz CT molecular complexity index is 1060. The molecule has 1 saturated carbocycles. The molecule has 0 bridgehead atoms. The Morgan fingerprint density at radius 1 is 0.871 bits per heavy atom. The summed E-state index contributed by atoms with van der Waals surface area (Å²) in [7, 11) is 0. The number of aromatic nitrogens is 3. The van der Waals surface area contributed by atoms with Gasteiger partial charge >= 0.3 is 0 Å². The second-order valence-corrected chi connectivity index (χ2v) is 8.32. The van der Waals surface area contributed by atoms with Crippen molar-refractivity contribution in [1.82, 2.24) is 20.1 Å². The molecule has 3 aromatic rings. The SMILES string of the molecule is O=C(Nc1ccc(C(=O)N2CCC(c3nc(C4CC4)n[nH]3)CC2)cc1)c1ccccc1. The summed E-state index contributed by atoms with van der Waals surface area (Å²) in [6, 6.07) is 16.1. The number of rotatable bonds is 5. The zero-order valence-electron chi connectivity index (χ0n) is 17.3. The summed E-state index contributed by atoms with van der Waals surface area (Å²) in [5, 5.41) is 10.3. The van der Waals surface area contributed by atoms with Crippen molar-refractivity contribution < 1.29 is 9.59 Å². The van der Waals surface area contributed by atoms with Gasteiger partial charge in [0.1, 0.15) is 5.82 Å². The largest absolute Gasteiger partial charge is 0.339 e. The molecule has 31 heavy (non-hydrogen) atoms. The molecule has 158 valence electrons. The van der Waals surface area contributed by atoms with Crippen molar-refractivity contribution in [3.63, 3.8) is 0 Å². The van der Waals surface area contributed by atoms with Crippen LogP contribution in [0.4, 0.5) is 5.69 Å². The molecule has 2 amide bonds. The van der Waals surface area contributed by atoms with Gasteiger partial charge in [-0.25, -0.2) is 4.98 Å². The van der Waals surface area contributed by atoms with Crippen LogP contribution >= 0.6 is 0 Å². The minimum Gasteiger partial charge on any atom is -0.339 e. The van der Waals surface area contributed by atoms with Crippen LogP contribution in [0.15, 0.2) is 54.6 Å². The van der Waals surface area contributed by atoms with E-state index in [0.717, 1.165) is 24.5 Å². The first-order valence-electron chi connectivity index (χ1n) is 10.9. The zero-order valence-corrected chi connectivity index (χ0v) is 17.3. The number of nitrogens with one attached hydrogen (secondary N) is 2. The molecule has 7 nitrogen and oxygen atoms in total. The number of nitrogens with zero attached hydrogens (tertiary/aromatic N) is 3. The van der Waals surface area contributed by atoms with Crippen LogP contribution in [-0.4, -0.2) is 45.0 Å². The number of H-pyrrole nitrogens is 1. The highest BCUT2D eigenvalue weighted by molar-refractivity contribution is 6.04. The van der Waals surface area contributed by atoms with Crippen LogP contribution in [0.25, 0.3) is 0 Å². The van der Waals surface area contributed by atoms with Gasteiger partial charge < -0.3 is 10.2 Å². The molecule has 2 aromatic carbocycles. The second-order valence-electron chi connectivity index (χ2n) is 8.32. The van der Waals surface area contributed by atoms with Crippen molar-refractivity contribution in [2.24, 2.45) is 0 Å². The lowest BCUT2D eigenvalue weighted by Crippen LogP contribution is -2.38. The van der Waals surface area contributed by atoms with Gasteiger partial charge in [-0.2, -0.15) is 5.10 Å². The number of hydrogen-bond acceptors (Lipinski definition) is 4. The molecule has 0 spiro atoms. The van der Waals surface area contributed by atoms with Crippen molar-refractivity contribution in [3.05, 3.63) is 77.4 Å². The van der Waals surface area contributed by atoms with Crippen LogP contribution < -0.4 is 5.32 Å². The number of hydrogen-bond donors (Lipinski definition) is 2. The Morgan fingerprint density at radius 2 is 1.58 bits per heavy atom. The molecule has 2 fully saturated rings. The Labute approximate surface area is 180 Å². The number of anilines is 1. The molecule has 0 radical (unpaired) electrons. The van der Waals surface area contributed by atoms with Crippen LogP contribution in [0, 0.1) is 0 Å². The lowest BCUT2D eigenvalue weighted by molar-refractivity contribution is 0.0711. The first kappa shape index (κ1) is 19.5. The van der Waals surface area contributed by atoms with E-state index < -0.39 is 0 Å². The molecule has 1 saturated heterocycles. The van der Waals surface area contributed by atoms with E-state index in [1.54, 1.807) is 36.4 Å². The van der Waals surface area contributed by atoms with E-state index in [-0.39, 0.29) is 11.8 Å². The van der Waals surface area contributed by atoms with Gasteiger partial charge in [0.15, 0.2) is 5.82 Å². The van der Waals surface area contributed by atoms with Crippen LogP contribution in [0.2, 0.25) is 0 Å². The predicted molar refractivity (Wildman–Crippen MR) is 117 cm³/mol. The van der Waals surface area contributed by atoms with E-state index in [1.165, 1.54) is 12.8 Å². The van der Waals surface area contributed by atoms with Crippen LogP contribution in [0.1, 0.15) is 69.9 Å². The number of carbonyl (C=O) groups excluding carboxylic acids is 2. The molecule has 5 rings (SSSR count). The quantitative estimate of drug-likeness (QED) is 0.660. The summed E-state index contributed by atoms with van der Waals surface area (Å²) in [6.45, 7) is 1.41. The third-order valence-corrected chi connectivity index (χ3v) is 6.06. The minimum absolute atomic E-state index is 0.0237. The Kier molecular flexibility index (Phi) is 5.24. The lowest BCUT2D eigenvalue weighted by Gasteiger charge is -2.31. The molecular formula is C24H25N5O2. The fraction of sp³-hybridized carbons (Fsp3) is 0.333. The average molecular weight is 415 g/mol. The number of aromatic amines is 1. The molecular weight excluding hydrogens is 390 g/mol. The van der Waals surface area contributed by atoms with E-state index in [4.69, 9.17) is 0 Å². The lowest BCUT2D eigenvalue weighted by atomic mass is 9.95. The Morgan fingerprint density at radius 3 is 2.26 bits per heavy atom. The maximum atomic E-state index is 12.9. The van der Waals surface area contributed by atoms with Gasteiger partial charge in [0.25, 0.3) is 11.8 Å². The number of likely N-dealkylation sites (tertiary alicyclic amines) is 1. The van der Waals surface area contributed by atoms with Gasteiger partial charge in [-0.1, -0.05) is 18.2 Å². The maximum absolute atomic E-state index is 12.9. The maximum Gasteiger partial charge on any atom is 0.255 e. The highest BCUT2D eigenvalue weighted by atomic mass is 16.2. The molecule has 2 N–H and O–H groups in total. The summed E-state index contributed by atoms with van der Waals surface area (Å²) in [4.78, 5) is 31.7. The van der Waals surface area contributed by atoms with Crippen molar-refractivity contribution in [2.75, 3.05) is 18.4 Å². The van der Waals surface area contributed by atoms with Crippen LogP contribution in [0.5, 0.6) is 0 Å². The third-order valence-electron chi connectivity index (χ3n) is 6.06. The predicted octanol–water partition coefficient (Wildman–Crippen LogP) is 3.95. The third kappa shape index (κ3) is 4.35. The molecule has 0 atom stereocenters. The summed E-state index contributed by atoms with van der Waals surface area (Å²) in [5.41, 5.74) is 1.90. The van der Waals surface area contributed by atoms with Crippen molar-refractivity contribution in [2.45, 2.75) is 37.5 Å². The Balaban J connectivity index is 1.16. The van der Waals surface area contributed by atoms with Crippen LogP contribution in [0.3, 0.4) is 0 Å². The topological polar surface area (TPSA) is 91.0 Å². The fourth-order valence-corrected chi connectivity index (χ4v) is 4.02. The van der Waals surface area contributed by atoms with Gasteiger partial charge in [-0.15, -0.1) is 0 Å². The molecule has 1 aliphatic heterocycles. The van der Waals surface area contributed by atoms with Gasteiger partial charge in [-0.05, 0) is 62.1 Å². The van der Waals surface area contributed by atoms with Gasteiger partial charge in [0, 0.05) is 41.7 Å². The highest BCUT2D eigenvalue weighted by Gasteiger charge is 2.30. The normalized spacial score (nSPS) is 16.8.